The summed E-state index contributed by atoms with van der Waals surface area (Å²) in [7, 11) is 1.77. The van der Waals surface area contributed by atoms with Crippen LogP contribution in [0.4, 0.5) is 0 Å². The second-order valence-electron chi connectivity index (χ2n) is 6.27. The molecule has 0 radical (unpaired) electrons. The lowest BCUT2D eigenvalue weighted by Gasteiger charge is -2.27. The summed E-state index contributed by atoms with van der Waals surface area (Å²) >= 11 is 0. The van der Waals surface area contributed by atoms with Crippen LogP contribution in [0.5, 0.6) is 0 Å². The lowest BCUT2D eigenvalue weighted by atomic mass is 9.87. The quantitative estimate of drug-likeness (QED) is 0.836. The molecule has 0 saturated heterocycles. The van der Waals surface area contributed by atoms with Gasteiger partial charge in [0.05, 0.1) is 6.10 Å². The van der Waals surface area contributed by atoms with Crippen LogP contribution in [0, 0.1) is 11.8 Å². The Kier molecular flexibility index (Phi) is 5.04. The molecule has 0 aromatic carbocycles. The molecule has 2 aliphatic carbocycles. The molecule has 104 valence electrons. The first-order chi connectivity index (χ1) is 8.67. The minimum Gasteiger partial charge on any atom is -0.381 e. The minimum atomic E-state index is 0.260. The Balaban J connectivity index is 1.66. The molecule has 0 aromatic rings. The maximum atomic E-state index is 12.0. The molecular formula is C15H27NO2. The van der Waals surface area contributed by atoms with E-state index in [9.17, 15) is 4.79 Å². The lowest BCUT2D eigenvalue weighted by molar-refractivity contribution is -0.123. The largest absolute Gasteiger partial charge is 0.381 e. The number of ether oxygens (including phenoxy) is 1. The fraction of sp³-hybridized carbons (Fsp3) is 0.933. The predicted molar refractivity (Wildman–Crippen MR) is 72.3 cm³/mol. The Labute approximate surface area is 111 Å². The summed E-state index contributed by atoms with van der Waals surface area (Å²) in [5, 5.41) is 3.22. The van der Waals surface area contributed by atoms with E-state index >= 15 is 0 Å². The fourth-order valence-corrected chi connectivity index (χ4v) is 3.38. The van der Waals surface area contributed by atoms with Crippen molar-refractivity contribution >= 4 is 5.91 Å². The highest BCUT2D eigenvalue weighted by atomic mass is 16.5. The van der Waals surface area contributed by atoms with Crippen molar-refractivity contribution in [1.29, 1.82) is 0 Å². The fourth-order valence-electron chi connectivity index (χ4n) is 3.38. The van der Waals surface area contributed by atoms with Crippen molar-refractivity contribution in [3.8, 4) is 0 Å². The monoisotopic (exact) mass is 253 g/mol. The number of amides is 1. The predicted octanol–water partition coefficient (Wildman–Crippen LogP) is 2.89. The Hall–Kier alpha value is -0.570. The Bertz CT molecular complexity index is 266. The zero-order chi connectivity index (χ0) is 13.0. The molecule has 2 fully saturated rings. The van der Waals surface area contributed by atoms with Gasteiger partial charge in [0.1, 0.15) is 0 Å². The highest BCUT2D eigenvalue weighted by Gasteiger charge is 2.27. The second kappa shape index (κ2) is 6.55. The van der Waals surface area contributed by atoms with Gasteiger partial charge in [0.25, 0.3) is 0 Å². The zero-order valence-electron chi connectivity index (χ0n) is 11.8. The van der Waals surface area contributed by atoms with E-state index in [0.29, 0.717) is 24.5 Å². The molecule has 1 amide bonds. The van der Waals surface area contributed by atoms with Crippen LogP contribution in [-0.4, -0.2) is 25.2 Å². The van der Waals surface area contributed by atoms with Gasteiger partial charge < -0.3 is 10.1 Å². The average Bonchev–Trinajstić information content (AvgIpc) is 2.79. The van der Waals surface area contributed by atoms with Crippen LogP contribution >= 0.6 is 0 Å². The van der Waals surface area contributed by atoms with Crippen molar-refractivity contribution in [1.82, 2.24) is 5.32 Å². The molecule has 3 nitrogen and oxygen atoms in total. The summed E-state index contributed by atoms with van der Waals surface area (Å²) in [4.78, 5) is 12.0. The van der Waals surface area contributed by atoms with Gasteiger partial charge in [-0.2, -0.15) is 0 Å². The molecule has 3 heteroatoms. The molecule has 0 aromatic heterocycles. The summed E-state index contributed by atoms with van der Waals surface area (Å²) < 4.78 is 5.35. The van der Waals surface area contributed by atoms with Crippen molar-refractivity contribution in [3.05, 3.63) is 0 Å². The van der Waals surface area contributed by atoms with Crippen molar-refractivity contribution in [2.75, 3.05) is 7.11 Å². The van der Waals surface area contributed by atoms with E-state index in [1.807, 2.05) is 0 Å². The molecule has 0 spiro atoms. The van der Waals surface area contributed by atoms with E-state index in [4.69, 9.17) is 4.74 Å². The molecule has 2 aliphatic rings. The second-order valence-corrected chi connectivity index (χ2v) is 6.27. The van der Waals surface area contributed by atoms with Gasteiger partial charge >= 0.3 is 0 Å². The normalized spacial score (nSPS) is 36.6. The summed E-state index contributed by atoms with van der Waals surface area (Å²) in [5.41, 5.74) is 0. The van der Waals surface area contributed by atoms with Crippen LogP contribution in [0.3, 0.4) is 0 Å². The Morgan fingerprint density at radius 2 is 1.89 bits per heavy atom. The molecule has 1 N–H and O–H groups in total. The Morgan fingerprint density at radius 1 is 1.17 bits per heavy atom. The maximum Gasteiger partial charge on any atom is 0.220 e. The van der Waals surface area contributed by atoms with Gasteiger partial charge in [0, 0.05) is 19.6 Å². The first-order valence-corrected chi connectivity index (χ1v) is 7.49. The molecule has 0 aliphatic heterocycles. The van der Waals surface area contributed by atoms with E-state index in [0.717, 1.165) is 38.0 Å². The van der Waals surface area contributed by atoms with Crippen LogP contribution in [0.2, 0.25) is 0 Å². The van der Waals surface area contributed by atoms with Crippen LogP contribution in [0.1, 0.15) is 58.3 Å². The SMILES string of the molecule is CO[C@H]1CC[C@H](CC(=O)NC2CCC(C)CC2)C1. The molecular weight excluding hydrogens is 226 g/mol. The molecule has 0 heterocycles. The molecule has 18 heavy (non-hydrogen) atoms. The zero-order valence-corrected chi connectivity index (χ0v) is 11.8. The first-order valence-electron chi connectivity index (χ1n) is 7.49. The Morgan fingerprint density at radius 3 is 2.50 bits per heavy atom. The van der Waals surface area contributed by atoms with Gasteiger partial charge in [0.15, 0.2) is 0 Å². The summed E-state index contributed by atoms with van der Waals surface area (Å²) in [6, 6.07) is 0.438. The van der Waals surface area contributed by atoms with Crippen molar-refractivity contribution in [3.63, 3.8) is 0 Å². The number of carbonyl (C=O) groups excluding carboxylic acids is 1. The van der Waals surface area contributed by atoms with Gasteiger partial charge in [-0.15, -0.1) is 0 Å². The van der Waals surface area contributed by atoms with Gasteiger partial charge in [-0.1, -0.05) is 6.92 Å². The van der Waals surface area contributed by atoms with Crippen LogP contribution in [0.15, 0.2) is 0 Å². The smallest absolute Gasteiger partial charge is 0.220 e. The van der Waals surface area contributed by atoms with E-state index in [1.165, 1.54) is 12.8 Å². The van der Waals surface area contributed by atoms with Crippen LogP contribution < -0.4 is 5.32 Å². The third kappa shape index (κ3) is 3.98. The highest BCUT2D eigenvalue weighted by molar-refractivity contribution is 5.76. The number of methoxy groups -OCH3 is 1. The van der Waals surface area contributed by atoms with Crippen molar-refractivity contribution < 1.29 is 9.53 Å². The number of nitrogens with one attached hydrogen (secondary N) is 1. The molecule has 2 atom stereocenters. The summed E-state index contributed by atoms with van der Waals surface area (Å²) in [6.07, 6.45) is 9.27. The summed E-state index contributed by atoms with van der Waals surface area (Å²) in [6.45, 7) is 2.31. The minimum absolute atomic E-state index is 0.260. The van der Waals surface area contributed by atoms with Gasteiger partial charge in [-0.05, 0) is 56.8 Å². The van der Waals surface area contributed by atoms with Crippen LogP contribution in [0.25, 0.3) is 0 Å². The van der Waals surface area contributed by atoms with E-state index in [1.54, 1.807) is 7.11 Å². The third-order valence-corrected chi connectivity index (χ3v) is 4.68. The van der Waals surface area contributed by atoms with Gasteiger partial charge in [-0.3, -0.25) is 4.79 Å². The lowest BCUT2D eigenvalue weighted by Crippen LogP contribution is -2.38. The van der Waals surface area contributed by atoms with E-state index < -0.39 is 0 Å². The van der Waals surface area contributed by atoms with Crippen molar-refractivity contribution in [2.45, 2.75) is 70.4 Å². The molecule has 2 saturated carbocycles. The number of hydrogen-bond donors (Lipinski definition) is 1. The maximum absolute atomic E-state index is 12.0. The molecule has 0 unspecified atom stereocenters. The number of carbonyl (C=O) groups is 1. The molecule has 0 bridgehead atoms. The van der Waals surface area contributed by atoms with E-state index in [2.05, 4.69) is 12.2 Å². The first kappa shape index (κ1) is 13.9. The van der Waals surface area contributed by atoms with Crippen molar-refractivity contribution in [2.24, 2.45) is 11.8 Å². The standard InChI is InChI=1S/C15H27NO2/c1-11-3-6-13(7-4-11)16-15(17)10-12-5-8-14(9-12)18-2/h11-14H,3-10H2,1-2H3,(H,16,17)/t11?,12-,13?,14-/m0/s1. The third-order valence-electron chi connectivity index (χ3n) is 4.68. The van der Waals surface area contributed by atoms with Gasteiger partial charge in [0.2, 0.25) is 5.91 Å². The number of hydrogen-bond acceptors (Lipinski definition) is 2. The average molecular weight is 253 g/mol. The highest BCUT2D eigenvalue weighted by Crippen LogP contribution is 2.30. The van der Waals surface area contributed by atoms with Crippen LogP contribution in [-0.2, 0) is 9.53 Å². The van der Waals surface area contributed by atoms with Gasteiger partial charge in [-0.25, -0.2) is 0 Å². The number of rotatable bonds is 4. The topological polar surface area (TPSA) is 38.3 Å². The molecule has 2 rings (SSSR count). The summed E-state index contributed by atoms with van der Waals surface area (Å²) in [5.74, 6) is 1.64. The van der Waals surface area contributed by atoms with E-state index in [-0.39, 0.29) is 5.91 Å².